The molecule has 0 heterocycles. The number of benzene rings is 2. The maximum atomic E-state index is 11.3. The highest BCUT2D eigenvalue weighted by Crippen LogP contribution is 2.28. The van der Waals surface area contributed by atoms with Gasteiger partial charge in [-0.25, -0.2) is 0 Å². The van der Waals surface area contributed by atoms with Gasteiger partial charge in [-0.2, -0.15) is 0 Å². The molecule has 0 radical (unpaired) electrons. The van der Waals surface area contributed by atoms with Gasteiger partial charge in [-0.15, -0.1) is 0 Å². The van der Waals surface area contributed by atoms with Gasteiger partial charge in [-0.1, -0.05) is 36.4 Å². The van der Waals surface area contributed by atoms with E-state index in [0.717, 1.165) is 34.8 Å². The van der Waals surface area contributed by atoms with Crippen LogP contribution in [0.4, 0.5) is 0 Å². The highest BCUT2D eigenvalue weighted by molar-refractivity contribution is 5.95. The Morgan fingerprint density at radius 1 is 0.833 bits per heavy atom. The van der Waals surface area contributed by atoms with Crippen molar-refractivity contribution in [3.8, 4) is 11.1 Å². The SMILES string of the molecule is Cc1ccc(-c2ccccc2C=O)c(C=O)c1C. The first-order valence-electron chi connectivity index (χ1n) is 5.79. The highest BCUT2D eigenvalue weighted by Gasteiger charge is 2.11. The number of hydrogen-bond donors (Lipinski definition) is 0. The monoisotopic (exact) mass is 238 g/mol. The maximum Gasteiger partial charge on any atom is 0.150 e. The van der Waals surface area contributed by atoms with Crippen LogP contribution in [0.1, 0.15) is 31.8 Å². The van der Waals surface area contributed by atoms with Crippen molar-refractivity contribution in [2.75, 3.05) is 0 Å². The molecule has 0 bridgehead atoms. The van der Waals surface area contributed by atoms with Crippen molar-refractivity contribution >= 4 is 12.6 Å². The van der Waals surface area contributed by atoms with Gasteiger partial charge in [0, 0.05) is 11.1 Å². The van der Waals surface area contributed by atoms with Crippen LogP contribution in [0.15, 0.2) is 36.4 Å². The van der Waals surface area contributed by atoms with Gasteiger partial charge < -0.3 is 0 Å². The number of carbonyl (C=O) groups excluding carboxylic acids is 2. The van der Waals surface area contributed by atoms with Gasteiger partial charge in [-0.05, 0) is 36.1 Å². The van der Waals surface area contributed by atoms with Gasteiger partial charge in [0.1, 0.15) is 0 Å². The Bertz CT molecular complexity index is 612. The minimum atomic E-state index is 0.601. The quantitative estimate of drug-likeness (QED) is 0.766. The minimum absolute atomic E-state index is 0.601. The lowest BCUT2D eigenvalue weighted by Gasteiger charge is -2.12. The summed E-state index contributed by atoms with van der Waals surface area (Å²) in [6.07, 6.45) is 1.68. The lowest BCUT2D eigenvalue weighted by Crippen LogP contribution is -1.97. The summed E-state index contributed by atoms with van der Waals surface area (Å²) in [5.41, 5.74) is 4.91. The number of carbonyl (C=O) groups is 2. The molecule has 0 amide bonds. The molecule has 0 aliphatic heterocycles. The lowest BCUT2D eigenvalue weighted by molar-refractivity contribution is 0.111. The standard InChI is InChI=1S/C16H14O2/c1-11-7-8-15(16(10-18)12(11)2)14-6-4-3-5-13(14)9-17/h3-10H,1-2H3. The third-order valence-electron chi connectivity index (χ3n) is 3.28. The number of aldehydes is 2. The van der Waals surface area contributed by atoms with E-state index in [1.54, 1.807) is 6.07 Å². The summed E-state index contributed by atoms with van der Waals surface area (Å²) in [4.78, 5) is 22.3. The molecule has 0 saturated heterocycles. The zero-order valence-electron chi connectivity index (χ0n) is 10.4. The molecule has 2 rings (SSSR count). The Morgan fingerprint density at radius 3 is 2.22 bits per heavy atom. The van der Waals surface area contributed by atoms with Crippen LogP contribution in [0.25, 0.3) is 11.1 Å². The molecule has 0 aromatic heterocycles. The predicted octanol–water partition coefficient (Wildman–Crippen LogP) is 3.60. The first-order chi connectivity index (χ1) is 8.69. The van der Waals surface area contributed by atoms with E-state index >= 15 is 0 Å². The average molecular weight is 238 g/mol. The van der Waals surface area contributed by atoms with Gasteiger partial charge in [-0.3, -0.25) is 9.59 Å². The van der Waals surface area contributed by atoms with Crippen LogP contribution in [0, 0.1) is 13.8 Å². The van der Waals surface area contributed by atoms with Gasteiger partial charge >= 0.3 is 0 Å². The molecule has 2 aromatic rings. The zero-order chi connectivity index (χ0) is 13.1. The minimum Gasteiger partial charge on any atom is -0.298 e. The Morgan fingerprint density at radius 2 is 1.56 bits per heavy atom. The molecule has 2 aromatic carbocycles. The van der Waals surface area contributed by atoms with Crippen LogP contribution in [0.2, 0.25) is 0 Å². The van der Waals surface area contributed by atoms with E-state index in [2.05, 4.69) is 0 Å². The molecule has 18 heavy (non-hydrogen) atoms. The van der Waals surface area contributed by atoms with Crippen LogP contribution in [0.3, 0.4) is 0 Å². The Hall–Kier alpha value is -2.22. The fourth-order valence-electron chi connectivity index (χ4n) is 2.07. The molecule has 0 unspecified atom stereocenters. The summed E-state index contributed by atoms with van der Waals surface area (Å²) >= 11 is 0. The number of hydrogen-bond acceptors (Lipinski definition) is 2. The summed E-state index contributed by atoms with van der Waals surface area (Å²) in [6.45, 7) is 3.89. The lowest BCUT2D eigenvalue weighted by atomic mass is 9.91. The Balaban J connectivity index is 2.75. The molecule has 0 fully saturated rings. The van der Waals surface area contributed by atoms with Crippen LogP contribution in [-0.2, 0) is 0 Å². The summed E-state index contributed by atoms with van der Waals surface area (Å²) in [5.74, 6) is 0. The molecule has 0 spiro atoms. The predicted molar refractivity (Wildman–Crippen MR) is 72.1 cm³/mol. The molecule has 90 valence electrons. The molecular weight excluding hydrogens is 224 g/mol. The second-order valence-electron chi connectivity index (χ2n) is 4.29. The molecular formula is C16H14O2. The zero-order valence-corrected chi connectivity index (χ0v) is 10.4. The van der Waals surface area contributed by atoms with Gasteiger partial charge in [0.2, 0.25) is 0 Å². The fraction of sp³-hybridized carbons (Fsp3) is 0.125. The summed E-state index contributed by atoms with van der Waals surface area (Å²) < 4.78 is 0. The van der Waals surface area contributed by atoms with Crippen molar-refractivity contribution in [1.82, 2.24) is 0 Å². The van der Waals surface area contributed by atoms with Crippen LogP contribution in [0.5, 0.6) is 0 Å². The average Bonchev–Trinajstić information content (AvgIpc) is 2.41. The number of rotatable bonds is 3. The summed E-state index contributed by atoms with van der Waals surface area (Å²) in [6, 6.07) is 11.2. The van der Waals surface area contributed by atoms with Crippen molar-refractivity contribution in [1.29, 1.82) is 0 Å². The van der Waals surface area contributed by atoms with Crippen molar-refractivity contribution in [3.05, 3.63) is 58.7 Å². The van der Waals surface area contributed by atoms with Crippen molar-refractivity contribution in [3.63, 3.8) is 0 Å². The van der Waals surface area contributed by atoms with Crippen LogP contribution in [-0.4, -0.2) is 12.6 Å². The molecule has 0 atom stereocenters. The maximum absolute atomic E-state index is 11.3. The van der Waals surface area contributed by atoms with Crippen molar-refractivity contribution in [2.45, 2.75) is 13.8 Å². The molecule has 0 N–H and O–H groups in total. The Labute approximate surface area is 106 Å². The third kappa shape index (κ3) is 1.97. The second-order valence-corrected chi connectivity index (χ2v) is 4.29. The van der Waals surface area contributed by atoms with Crippen LogP contribution < -0.4 is 0 Å². The fourth-order valence-corrected chi connectivity index (χ4v) is 2.07. The molecule has 0 aliphatic carbocycles. The molecule has 0 saturated carbocycles. The molecule has 2 heteroatoms. The topological polar surface area (TPSA) is 34.1 Å². The number of aryl methyl sites for hydroxylation is 1. The molecule has 2 nitrogen and oxygen atoms in total. The van der Waals surface area contributed by atoms with Crippen molar-refractivity contribution in [2.24, 2.45) is 0 Å². The normalized spacial score (nSPS) is 10.1. The van der Waals surface area contributed by atoms with Crippen LogP contribution >= 0.6 is 0 Å². The smallest absolute Gasteiger partial charge is 0.150 e. The summed E-state index contributed by atoms with van der Waals surface area (Å²) in [5, 5.41) is 0. The first kappa shape index (κ1) is 12.2. The largest absolute Gasteiger partial charge is 0.298 e. The van der Waals surface area contributed by atoms with E-state index in [9.17, 15) is 9.59 Å². The Kier molecular flexibility index (Phi) is 3.38. The van der Waals surface area contributed by atoms with Crippen molar-refractivity contribution < 1.29 is 9.59 Å². The van der Waals surface area contributed by atoms with Gasteiger partial charge in [0.05, 0.1) is 0 Å². The van der Waals surface area contributed by atoms with Gasteiger partial charge in [0.25, 0.3) is 0 Å². The first-order valence-corrected chi connectivity index (χ1v) is 5.79. The summed E-state index contributed by atoms with van der Waals surface area (Å²) in [7, 11) is 0. The van der Waals surface area contributed by atoms with E-state index in [4.69, 9.17) is 0 Å². The highest BCUT2D eigenvalue weighted by atomic mass is 16.1. The third-order valence-corrected chi connectivity index (χ3v) is 3.28. The van der Waals surface area contributed by atoms with Gasteiger partial charge in [0.15, 0.2) is 12.6 Å². The van der Waals surface area contributed by atoms with E-state index in [-0.39, 0.29) is 0 Å². The molecule has 0 aliphatic rings. The van der Waals surface area contributed by atoms with E-state index in [0.29, 0.717) is 11.1 Å². The van der Waals surface area contributed by atoms with E-state index in [1.165, 1.54) is 0 Å². The van der Waals surface area contributed by atoms with E-state index in [1.807, 2.05) is 44.2 Å². The second kappa shape index (κ2) is 4.96. The van der Waals surface area contributed by atoms with E-state index < -0.39 is 0 Å².